The molecule has 0 amide bonds. The van der Waals surface area contributed by atoms with E-state index in [1.54, 1.807) is 18.2 Å². The minimum absolute atomic E-state index is 0.369. The van der Waals surface area contributed by atoms with Crippen LogP contribution in [0.1, 0.15) is 0 Å². The topological polar surface area (TPSA) is 30.2 Å². The SMILES string of the molecule is C=C/C=c1\c(=C)c(=O)oc2ccccc12. The zero-order valence-corrected chi connectivity index (χ0v) is 8.19. The van der Waals surface area contributed by atoms with Crippen molar-refractivity contribution >= 4 is 23.6 Å². The predicted octanol–water partition coefficient (Wildman–Crippen LogP) is 1.17. The van der Waals surface area contributed by atoms with Gasteiger partial charge in [0.25, 0.3) is 0 Å². The minimum atomic E-state index is -0.401. The highest BCUT2D eigenvalue weighted by atomic mass is 16.4. The quantitative estimate of drug-likeness (QED) is 0.644. The van der Waals surface area contributed by atoms with Crippen molar-refractivity contribution in [2.45, 2.75) is 0 Å². The molecule has 2 aromatic rings. The van der Waals surface area contributed by atoms with E-state index in [1.807, 2.05) is 18.2 Å². The molecule has 2 heteroatoms. The highest BCUT2D eigenvalue weighted by Gasteiger charge is 1.99. The molecule has 0 unspecified atom stereocenters. The summed E-state index contributed by atoms with van der Waals surface area (Å²) in [5.74, 6) is 0. The Morgan fingerprint density at radius 3 is 2.73 bits per heavy atom. The monoisotopic (exact) mass is 198 g/mol. The van der Waals surface area contributed by atoms with Crippen molar-refractivity contribution in [3.8, 4) is 0 Å². The molecule has 0 aliphatic carbocycles. The van der Waals surface area contributed by atoms with Crippen LogP contribution in [0.2, 0.25) is 0 Å². The van der Waals surface area contributed by atoms with E-state index in [0.717, 1.165) is 10.6 Å². The first kappa shape index (κ1) is 9.46. The number of para-hydroxylation sites is 1. The van der Waals surface area contributed by atoms with Gasteiger partial charge in [-0.15, -0.1) is 0 Å². The zero-order chi connectivity index (χ0) is 10.8. The van der Waals surface area contributed by atoms with Gasteiger partial charge in [-0.3, -0.25) is 0 Å². The van der Waals surface area contributed by atoms with Crippen LogP contribution in [0.4, 0.5) is 0 Å². The van der Waals surface area contributed by atoms with Crippen LogP contribution >= 0.6 is 0 Å². The molecule has 1 heterocycles. The first-order chi connectivity index (χ1) is 7.24. The van der Waals surface area contributed by atoms with Gasteiger partial charge >= 0.3 is 5.63 Å². The Bertz CT molecular complexity index is 678. The smallest absolute Gasteiger partial charge is 0.343 e. The van der Waals surface area contributed by atoms with E-state index in [-0.39, 0.29) is 0 Å². The van der Waals surface area contributed by atoms with Gasteiger partial charge in [-0.1, -0.05) is 43.5 Å². The Balaban J connectivity index is 3.17. The third kappa shape index (κ3) is 1.50. The van der Waals surface area contributed by atoms with Gasteiger partial charge in [-0.05, 0) is 11.3 Å². The number of hydrogen-bond donors (Lipinski definition) is 0. The maximum atomic E-state index is 11.4. The summed E-state index contributed by atoms with van der Waals surface area (Å²) in [4.78, 5) is 11.4. The Kier molecular flexibility index (Phi) is 2.26. The molecule has 0 aliphatic rings. The van der Waals surface area contributed by atoms with E-state index in [0.29, 0.717) is 10.8 Å². The van der Waals surface area contributed by atoms with Crippen LogP contribution < -0.4 is 16.1 Å². The van der Waals surface area contributed by atoms with Crippen LogP contribution in [0.25, 0.3) is 23.6 Å². The second kappa shape index (κ2) is 3.58. The third-order valence-electron chi connectivity index (χ3n) is 2.24. The van der Waals surface area contributed by atoms with Crippen LogP contribution in [-0.2, 0) is 0 Å². The van der Waals surface area contributed by atoms with E-state index in [2.05, 4.69) is 13.2 Å². The summed E-state index contributed by atoms with van der Waals surface area (Å²) in [6, 6.07) is 7.37. The molecule has 15 heavy (non-hydrogen) atoms. The number of allylic oxidation sites excluding steroid dienone is 1. The third-order valence-corrected chi connectivity index (χ3v) is 2.24. The molecule has 74 valence electrons. The molecular formula is C13H10O2. The van der Waals surface area contributed by atoms with E-state index in [4.69, 9.17) is 4.42 Å². The summed E-state index contributed by atoms with van der Waals surface area (Å²) in [7, 11) is 0. The van der Waals surface area contributed by atoms with Crippen molar-refractivity contribution < 1.29 is 4.42 Å². The molecule has 1 aromatic heterocycles. The summed E-state index contributed by atoms with van der Waals surface area (Å²) in [5.41, 5.74) is 0.171. The lowest BCUT2D eigenvalue weighted by Gasteiger charge is -1.96. The van der Waals surface area contributed by atoms with Crippen LogP contribution in [0.5, 0.6) is 0 Å². The van der Waals surface area contributed by atoms with E-state index in [9.17, 15) is 4.79 Å². The molecule has 0 saturated carbocycles. The van der Waals surface area contributed by atoms with Gasteiger partial charge < -0.3 is 4.42 Å². The average Bonchev–Trinajstić information content (AvgIpc) is 2.25. The molecule has 2 rings (SSSR count). The number of rotatable bonds is 1. The molecule has 0 saturated heterocycles. The van der Waals surface area contributed by atoms with Gasteiger partial charge in [0.15, 0.2) is 0 Å². The lowest BCUT2D eigenvalue weighted by atomic mass is 10.1. The van der Waals surface area contributed by atoms with Gasteiger partial charge in [0.2, 0.25) is 0 Å². The van der Waals surface area contributed by atoms with Crippen molar-refractivity contribution in [3.05, 3.63) is 57.8 Å². The normalized spacial score (nSPS) is 11.9. The van der Waals surface area contributed by atoms with Crippen molar-refractivity contribution in [2.24, 2.45) is 0 Å². The summed E-state index contributed by atoms with van der Waals surface area (Å²) >= 11 is 0. The fraction of sp³-hybridized carbons (Fsp3) is 0. The summed E-state index contributed by atoms with van der Waals surface area (Å²) in [5, 5.41) is 2.02. The second-order valence-electron chi connectivity index (χ2n) is 3.18. The molecule has 0 spiro atoms. The lowest BCUT2D eigenvalue weighted by molar-refractivity contribution is 0.554. The molecule has 0 bridgehead atoms. The van der Waals surface area contributed by atoms with Crippen LogP contribution in [0, 0.1) is 0 Å². The van der Waals surface area contributed by atoms with Gasteiger partial charge in [0.05, 0.1) is 5.22 Å². The number of fused-ring (bicyclic) bond motifs is 1. The molecule has 0 atom stereocenters. The zero-order valence-electron chi connectivity index (χ0n) is 8.19. The van der Waals surface area contributed by atoms with Gasteiger partial charge in [0.1, 0.15) is 5.58 Å². The fourth-order valence-corrected chi connectivity index (χ4v) is 1.52. The standard InChI is InChI=1S/C13H10O2/c1-3-6-10-9(2)13(14)15-12-8-5-4-7-11(10)12/h3-8H,1-2H2/b10-6+. The molecule has 1 aromatic carbocycles. The summed E-state index contributed by atoms with van der Waals surface area (Å²) in [6.07, 6.45) is 3.40. The average molecular weight is 198 g/mol. The Labute approximate surface area is 86.5 Å². The molecule has 0 aliphatic heterocycles. The summed E-state index contributed by atoms with van der Waals surface area (Å²) < 4.78 is 5.11. The lowest BCUT2D eigenvalue weighted by Crippen LogP contribution is -2.37. The van der Waals surface area contributed by atoms with Crippen molar-refractivity contribution in [1.29, 1.82) is 0 Å². The molecule has 0 fully saturated rings. The van der Waals surface area contributed by atoms with E-state index >= 15 is 0 Å². The Morgan fingerprint density at radius 1 is 1.27 bits per heavy atom. The molecule has 0 radical (unpaired) electrons. The fourth-order valence-electron chi connectivity index (χ4n) is 1.52. The largest absolute Gasteiger partial charge is 0.422 e. The van der Waals surface area contributed by atoms with Crippen LogP contribution in [0.3, 0.4) is 0 Å². The second-order valence-corrected chi connectivity index (χ2v) is 3.18. The Morgan fingerprint density at radius 2 is 2.00 bits per heavy atom. The van der Waals surface area contributed by atoms with Crippen molar-refractivity contribution in [1.82, 2.24) is 0 Å². The number of hydrogen-bond acceptors (Lipinski definition) is 2. The van der Waals surface area contributed by atoms with Crippen molar-refractivity contribution in [2.75, 3.05) is 0 Å². The highest BCUT2D eigenvalue weighted by Crippen LogP contribution is 2.04. The number of benzene rings is 1. The predicted molar refractivity (Wildman–Crippen MR) is 61.9 cm³/mol. The Hall–Kier alpha value is -2.09. The first-order valence-electron chi connectivity index (χ1n) is 4.57. The first-order valence-corrected chi connectivity index (χ1v) is 4.57. The molecule has 2 nitrogen and oxygen atoms in total. The maximum absolute atomic E-state index is 11.4. The maximum Gasteiger partial charge on any atom is 0.343 e. The van der Waals surface area contributed by atoms with Crippen molar-refractivity contribution in [3.63, 3.8) is 0 Å². The van der Waals surface area contributed by atoms with Crippen LogP contribution in [-0.4, -0.2) is 0 Å². The van der Waals surface area contributed by atoms with Gasteiger partial charge in [-0.25, -0.2) is 4.79 Å². The van der Waals surface area contributed by atoms with Crippen LogP contribution in [0.15, 0.2) is 46.1 Å². The minimum Gasteiger partial charge on any atom is -0.422 e. The van der Waals surface area contributed by atoms with E-state index in [1.165, 1.54) is 0 Å². The summed E-state index contributed by atoms with van der Waals surface area (Å²) in [6.45, 7) is 7.32. The molecular weight excluding hydrogens is 188 g/mol. The van der Waals surface area contributed by atoms with Gasteiger partial charge in [0, 0.05) is 5.39 Å². The van der Waals surface area contributed by atoms with E-state index < -0.39 is 5.63 Å². The molecule has 0 N–H and O–H groups in total. The van der Waals surface area contributed by atoms with Gasteiger partial charge in [-0.2, -0.15) is 0 Å². The highest BCUT2D eigenvalue weighted by molar-refractivity contribution is 5.78.